The van der Waals surface area contributed by atoms with Gasteiger partial charge in [0, 0.05) is 6.04 Å². The number of fused-ring (bicyclic) bond motifs is 1. The number of hydrogen-bond donors (Lipinski definition) is 3. The van der Waals surface area contributed by atoms with Gasteiger partial charge in [0.25, 0.3) is 0 Å². The summed E-state index contributed by atoms with van der Waals surface area (Å²) in [6.07, 6.45) is 1.68. The Balaban J connectivity index is 1.81. The summed E-state index contributed by atoms with van der Waals surface area (Å²) < 4.78 is 5.39. The minimum atomic E-state index is -0.179. The van der Waals surface area contributed by atoms with Crippen molar-refractivity contribution in [3.8, 4) is 0 Å². The number of nitrogens with one attached hydrogen (secondary N) is 3. The summed E-state index contributed by atoms with van der Waals surface area (Å²) in [6, 6.07) is 10.0. The van der Waals surface area contributed by atoms with E-state index < -0.39 is 0 Å². The summed E-state index contributed by atoms with van der Waals surface area (Å²) >= 11 is 0. The van der Waals surface area contributed by atoms with Crippen molar-refractivity contribution < 1.29 is 4.42 Å². The van der Waals surface area contributed by atoms with E-state index in [1.54, 1.807) is 6.26 Å². The van der Waals surface area contributed by atoms with Crippen molar-refractivity contribution in [3.63, 3.8) is 0 Å². The zero-order valence-corrected chi connectivity index (χ0v) is 11.4. The summed E-state index contributed by atoms with van der Waals surface area (Å²) in [5.74, 6) is 0.910. The Morgan fingerprint density at radius 1 is 1.10 bits per heavy atom. The highest BCUT2D eigenvalue weighted by Gasteiger charge is 2.13. The molecule has 3 rings (SSSR count). The van der Waals surface area contributed by atoms with Gasteiger partial charge in [0.2, 0.25) is 0 Å². The minimum absolute atomic E-state index is 0.126. The maximum absolute atomic E-state index is 11.3. The van der Waals surface area contributed by atoms with Crippen LogP contribution < -0.4 is 11.0 Å². The molecule has 0 bridgehead atoms. The third-order valence-corrected chi connectivity index (χ3v) is 3.51. The van der Waals surface area contributed by atoms with Gasteiger partial charge in [-0.05, 0) is 43.7 Å². The molecule has 0 radical (unpaired) electrons. The molecule has 0 fully saturated rings. The number of aromatic amines is 2. The van der Waals surface area contributed by atoms with Crippen LogP contribution in [0.3, 0.4) is 0 Å². The van der Waals surface area contributed by atoms with E-state index >= 15 is 0 Å². The molecule has 5 heteroatoms. The Kier molecular flexibility index (Phi) is 3.20. The minimum Gasteiger partial charge on any atom is -0.468 e. The maximum atomic E-state index is 11.3. The quantitative estimate of drug-likeness (QED) is 0.683. The summed E-state index contributed by atoms with van der Waals surface area (Å²) in [6.45, 7) is 4.15. The van der Waals surface area contributed by atoms with Gasteiger partial charge in [-0.2, -0.15) is 0 Å². The third kappa shape index (κ3) is 2.40. The highest BCUT2D eigenvalue weighted by atomic mass is 16.3. The number of imidazole rings is 1. The van der Waals surface area contributed by atoms with Crippen LogP contribution in [-0.2, 0) is 0 Å². The average molecular weight is 271 g/mol. The summed E-state index contributed by atoms with van der Waals surface area (Å²) in [4.78, 5) is 16.8. The highest BCUT2D eigenvalue weighted by Crippen LogP contribution is 2.21. The lowest BCUT2D eigenvalue weighted by atomic mass is 10.1. The molecule has 104 valence electrons. The Bertz CT molecular complexity index is 755. The largest absolute Gasteiger partial charge is 0.468 e. The van der Waals surface area contributed by atoms with E-state index in [4.69, 9.17) is 4.42 Å². The fourth-order valence-electron chi connectivity index (χ4n) is 2.41. The zero-order chi connectivity index (χ0) is 14.1. The van der Waals surface area contributed by atoms with Crippen molar-refractivity contribution >= 4 is 11.0 Å². The molecule has 1 aromatic carbocycles. The van der Waals surface area contributed by atoms with Gasteiger partial charge in [-0.3, -0.25) is 0 Å². The normalized spacial score (nSPS) is 14.5. The van der Waals surface area contributed by atoms with Crippen LogP contribution >= 0.6 is 0 Å². The number of hydrogen-bond acceptors (Lipinski definition) is 3. The Morgan fingerprint density at radius 3 is 2.65 bits per heavy atom. The van der Waals surface area contributed by atoms with E-state index in [2.05, 4.69) is 29.1 Å². The van der Waals surface area contributed by atoms with Crippen molar-refractivity contribution in [2.75, 3.05) is 0 Å². The third-order valence-electron chi connectivity index (χ3n) is 3.51. The van der Waals surface area contributed by atoms with Crippen molar-refractivity contribution in [1.29, 1.82) is 0 Å². The van der Waals surface area contributed by atoms with Crippen molar-refractivity contribution in [2.24, 2.45) is 0 Å². The van der Waals surface area contributed by atoms with Crippen LogP contribution in [0.2, 0.25) is 0 Å². The predicted molar refractivity (Wildman–Crippen MR) is 77.6 cm³/mol. The van der Waals surface area contributed by atoms with E-state index in [1.807, 2.05) is 30.3 Å². The van der Waals surface area contributed by atoms with Gasteiger partial charge in [0.15, 0.2) is 0 Å². The number of H-pyrrole nitrogens is 2. The molecule has 0 saturated carbocycles. The summed E-state index contributed by atoms with van der Waals surface area (Å²) in [5, 5.41) is 3.47. The first-order chi connectivity index (χ1) is 9.63. The van der Waals surface area contributed by atoms with E-state index in [0.717, 1.165) is 22.4 Å². The Morgan fingerprint density at radius 2 is 1.90 bits per heavy atom. The molecule has 2 aromatic heterocycles. The molecular formula is C15H17N3O2. The van der Waals surface area contributed by atoms with Gasteiger partial charge < -0.3 is 19.7 Å². The second kappa shape index (κ2) is 5.02. The second-order valence-electron chi connectivity index (χ2n) is 5.01. The summed E-state index contributed by atoms with van der Waals surface area (Å²) in [5.41, 5.74) is 2.59. The first kappa shape index (κ1) is 12.7. The molecule has 5 nitrogen and oxygen atoms in total. The standard InChI is InChI=1S/C15H17N3O2/c1-9(16-10(2)14-4-3-7-20-14)11-5-6-12-13(8-11)18-15(19)17-12/h3-10,16H,1-2H3,(H2,17,18,19). The first-order valence-electron chi connectivity index (χ1n) is 6.65. The van der Waals surface area contributed by atoms with E-state index in [0.29, 0.717) is 0 Å². The molecule has 20 heavy (non-hydrogen) atoms. The Labute approximate surface area is 116 Å². The van der Waals surface area contributed by atoms with Crippen LogP contribution in [0.1, 0.15) is 37.3 Å². The van der Waals surface area contributed by atoms with Crippen LogP contribution in [0.15, 0.2) is 45.8 Å². The second-order valence-corrected chi connectivity index (χ2v) is 5.01. The topological polar surface area (TPSA) is 73.8 Å². The molecule has 0 amide bonds. The lowest BCUT2D eigenvalue weighted by molar-refractivity contribution is 0.403. The molecular weight excluding hydrogens is 254 g/mol. The molecule has 2 atom stereocenters. The van der Waals surface area contributed by atoms with Gasteiger partial charge in [-0.15, -0.1) is 0 Å². The monoisotopic (exact) mass is 271 g/mol. The molecule has 0 saturated heterocycles. The smallest absolute Gasteiger partial charge is 0.323 e. The van der Waals surface area contributed by atoms with Gasteiger partial charge in [0.1, 0.15) is 5.76 Å². The van der Waals surface area contributed by atoms with Gasteiger partial charge in [-0.25, -0.2) is 4.79 Å². The van der Waals surface area contributed by atoms with Crippen molar-refractivity contribution in [1.82, 2.24) is 15.3 Å². The summed E-state index contributed by atoms with van der Waals surface area (Å²) in [7, 11) is 0. The van der Waals surface area contributed by atoms with Crippen LogP contribution in [0.4, 0.5) is 0 Å². The molecule has 0 aliphatic rings. The fraction of sp³-hybridized carbons (Fsp3) is 0.267. The Hall–Kier alpha value is -2.27. The van der Waals surface area contributed by atoms with Crippen LogP contribution in [0, 0.1) is 0 Å². The molecule has 3 aromatic rings. The maximum Gasteiger partial charge on any atom is 0.323 e. The zero-order valence-electron chi connectivity index (χ0n) is 11.4. The number of rotatable bonds is 4. The van der Waals surface area contributed by atoms with Gasteiger partial charge in [-0.1, -0.05) is 6.07 Å². The number of benzene rings is 1. The van der Waals surface area contributed by atoms with Crippen LogP contribution in [-0.4, -0.2) is 9.97 Å². The molecule has 2 unspecified atom stereocenters. The van der Waals surface area contributed by atoms with Gasteiger partial charge >= 0.3 is 5.69 Å². The van der Waals surface area contributed by atoms with E-state index in [-0.39, 0.29) is 17.8 Å². The van der Waals surface area contributed by atoms with Crippen LogP contribution in [0.5, 0.6) is 0 Å². The van der Waals surface area contributed by atoms with Crippen molar-refractivity contribution in [3.05, 3.63) is 58.4 Å². The van der Waals surface area contributed by atoms with Crippen LogP contribution in [0.25, 0.3) is 11.0 Å². The number of furan rings is 1. The molecule has 2 heterocycles. The van der Waals surface area contributed by atoms with E-state index in [9.17, 15) is 4.79 Å². The fourth-order valence-corrected chi connectivity index (χ4v) is 2.41. The van der Waals surface area contributed by atoms with E-state index in [1.165, 1.54) is 0 Å². The van der Waals surface area contributed by atoms with Crippen molar-refractivity contribution in [2.45, 2.75) is 25.9 Å². The first-order valence-corrected chi connectivity index (χ1v) is 6.65. The molecule has 3 N–H and O–H groups in total. The molecule has 0 aliphatic heterocycles. The lowest BCUT2D eigenvalue weighted by Crippen LogP contribution is -2.22. The predicted octanol–water partition coefficient (Wildman–Crippen LogP) is 2.86. The molecule has 0 aliphatic carbocycles. The lowest BCUT2D eigenvalue weighted by Gasteiger charge is -2.19. The number of aromatic nitrogens is 2. The van der Waals surface area contributed by atoms with Gasteiger partial charge in [0.05, 0.1) is 23.3 Å². The highest BCUT2D eigenvalue weighted by molar-refractivity contribution is 5.75. The average Bonchev–Trinajstić information content (AvgIpc) is 3.05. The SMILES string of the molecule is CC(NC(C)c1ccco1)c1ccc2[nH]c(=O)[nH]c2c1. The molecule has 0 spiro atoms.